The van der Waals surface area contributed by atoms with E-state index < -0.39 is 12.1 Å². The summed E-state index contributed by atoms with van der Waals surface area (Å²) < 4.78 is 5.76. The van der Waals surface area contributed by atoms with Gasteiger partial charge in [-0.1, -0.05) is 13.8 Å². The molecule has 0 aromatic carbocycles. The average molecular weight is 309 g/mol. The number of rotatable bonds is 6. The number of ether oxygens (including phenoxy) is 1. The Hall–Kier alpha value is -1.89. The molecule has 1 aromatic rings. The molecule has 22 heavy (non-hydrogen) atoms. The fourth-order valence-electron chi connectivity index (χ4n) is 3.06. The molecule has 3 N–H and O–H groups in total. The molecule has 1 amide bonds. The third kappa shape index (κ3) is 3.85. The quantitative estimate of drug-likeness (QED) is 0.734. The Kier molecular flexibility index (Phi) is 5.18. The lowest BCUT2D eigenvalue weighted by atomic mass is 9.88. The lowest BCUT2D eigenvalue weighted by Gasteiger charge is -2.29. The molecule has 1 aromatic heterocycles. The Morgan fingerprint density at radius 3 is 2.77 bits per heavy atom. The topological polar surface area (TPSA) is 104 Å². The predicted octanol–water partition coefficient (Wildman–Crippen LogP) is 1.29. The minimum atomic E-state index is -0.974. The van der Waals surface area contributed by atoms with Crippen LogP contribution in [0.4, 0.5) is 0 Å². The third-order valence-corrected chi connectivity index (χ3v) is 3.89. The molecular weight excluding hydrogens is 286 g/mol. The summed E-state index contributed by atoms with van der Waals surface area (Å²) in [5.41, 5.74) is 0.841. The number of hydrogen-bond donors (Lipinski definition) is 3. The van der Waals surface area contributed by atoms with E-state index in [2.05, 4.69) is 29.1 Å². The van der Waals surface area contributed by atoms with E-state index in [0.29, 0.717) is 12.3 Å². The number of nitrogens with zero attached hydrogens (tertiary/aromatic N) is 1. The van der Waals surface area contributed by atoms with Crippen LogP contribution in [0.15, 0.2) is 12.5 Å². The zero-order chi connectivity index (χ0) is 16.3. The number of carbonyl (C=O) groups is 2. The van der Waals surface area contributed by atoms with Gasteiger partial charge in [-0.25, -0.2) is 9.78 Å². The smallest absolute Gasteiger partial charge is 0.332 e. The van der Waals surface area contributed by atoms with Crippen molar-refractivity contribution in [2.45, 2.75) is 57.8 Å². The van der Waals surface area contributed by atoms with Gasteiger partial charge in [0.15, 0.2) is 6.10 Å². The van der Waals surface area contributed by atoms with Gasteiger partial charge in [0, 0.05) is 24.7 Å². The molecule has 1 saturated heterocycles. The molecule has 2 heterocycles. The first-order valence-electron chi connectivity index (χ1n) is 7.52. The third-order valence-electron chi connectivity index (χ3n) is 3.89. The summed E-state index contributed by atoms with van der Waals surface area (Å²) in [6.45, 7) is 5.58. The highest BCUT2D eigenvalue weighted by Crippen LogP contribution is 2.37. The van der Waals surface area contributed by atoms with Gasteiger partial charge in [0.25, 0.3) is 0 Å². The second-order valence-electron chi connectivity index (χ2n) is 6.21. The zero-order valence-electron chi connectivity index (χ0n) is 13.1. The van der Waals surface area contributed by atoms with Crippen LogP contribution in [-0.2, 0) is 14.3 Å². The molecule has 4 unspecified atom stereocenters. The molecule has 1 aliphatic rings. The first kappa shape index (κ1) is 16.5. The Balaban J connectivity index is 2.25. The van der Waals surface area contributed by atoms with Crippen molar-refractivity contribution in [1.82, 2.24) is 15.3 Å². The molecule has 122 valence electrons. The van der Waals surface area contributed by atoms with Gasteiger partial charge in [-0.3, -0.25) is 4.79 Å². The maximum Gasteiger partial charge on any atom is 0.332 e. The van der Waals surface area contributed by atoms with Crippen molar-refractivity contribution >= 4 is 11.9 Å². The molecule has 1 fully saturated rings. The summed E-state index contributed by atoms with van der Waals surface area (Å²) in [6, 6.07) is -0.227. The Morgan fingerprint density at radius 1 is 1.55 bits per heavy atom. The largest absolute Gasteiger partial charge is 0.479 e. The monoisotopic (exact) mass is 309 g/mol. The molecule has 4 atom stereocenters. The van der Waals surface area contributed by atoms with Crippen LogP contribution in [0.5, 0.6) is 0 Å². The van der Waals surface area contributed by atoms with Crippen LogP contribution in [0.2, 0.25) is 0 Å². The van der Waals surface area contributed by atoms with Crippen molar-refractivity contribution in [1.29, 1.82) is 0 Å². The number of carbonyl (C=O) groups excluding carboxylic acids is 1. The number of aromatic amines is 1. The van der Waals surface area contributed by atoms with Gasteiger partial charge in [-0.2, -0.15) is 0 Å². The lowest BCUT2D eigenvalue weighted by Crippen LogP contribution is -2.45. The van der Waals surface area contributed by atoms with E-state index in [1.165, 1.54) is 6.92 Å². The number of hydrogen-bond acceptors (Lipinski definition) is 4. The second kappa shape index (κ2) is 6.91. The maximum atomic E-state index is 11.5. The van der Waals surface area contributed by atoms with Crippen molar-refractivity contribution in [3.63, 3.8) is 0 Å². The Morgan fingerprint density at radius 2 is 2.27 bits per heavy atom. The van der Waals surface area contributed by atoms with Gasteiger partial charge in [0.2, 0.25) is 5.91 Å². The minimum absolute atomic E-state index is 0.126. The zero-order valence-corrected chi connectivity index (χ0v) is 13.1. The van der Waals surface area contributed by atoms with Crippen LogP contribution in [0.3, 0.4) is 0 Å². The van der Waals surface area contributed by atoms with Gasteiger partial charge in [0.1, 0.15) is 0 Å². The van der Waals surface area contributed by atoms with Gasteiger partial charge < -0.3 is 20.1 Å². The van der Waals surface area contributed by atoms with Crippen LogP contribution < -0.4 is 5.32 Å². The highest BCUT2D eigenvalue weighted by Gasteiger charge is 2.44. The van der Waals surface area contributed by atoms with Crippen molar-refractivity contribution < 1.29 is 19.4 Å². The summed E-state index contributed by atoms with van der Waals surface area (Å²) in [7, 11) is 0. The first-order valence-corrected chi connectivity index (χ1v) is 7.52. The van der Waals surface area contributed by atoms with Gasteiger partial charge in [-0.15, -0.1) is 0 Å². The summed E-state index contributed by atoms with van der Waals surface area (Å²) in [5.74, 6) is -0.888. The number of aliphatic carboxylic acids is 1. The molecule has 0 spiro atoms. The molecule has 7 heteroatoms. The molecule has 0 bridgehead atoms. The van der Waals surface area contributed by atoms with Crippen LogP contribution in [0, 0.1) is 5.92 Å². The average Bonchev–Trinajstić information content (AvgIpc) is 3.06. The van der Waals surface area contributed by atoms with Crippen LogP contribution >= 0.6 is 0 Å². The van der Waals surface area contributed by atoms with E-state index >= 15 is 0 Å². The van der Waals surface area contributed by atoms with E-state index in [1.807, 2.05) is 0 Å². The predicted molar refractivity (Wildman–Crippen MR) is 79.3 cm³/mol. The number of carboxylic acid groups (broad SMARTS) is 1. The highest BCUT2D eigenvalue weighted by molar-refractivity contribution is 5.74. The van der Waals surface area contributed by atoms with E-state index in [4.69, 9.17) is 4.74 Å². The fraction of sp³-hybridized carbons (Fsp3) is 0.667. The van der Waals surface area contributed by atoms with Crippen molar-refractivity contribution in [2.75, 3.05) is 0 Å². The number of nitrogens with one attached hydrogen (secondary N) is 2. The molecule has 1 aliphatic heterocycles. The normalized spacial score (nSPS) is 26.1. The Labute approximate surface area is 129 Å². The summed E-state index contributed by atoms with van der Waals surface area (Å²) in [6.07, 6.45) is 3.11. The standard InChI is InChI=1S/C15H23N3O4/c1-8(2)4-11(18-9(3)19)14-10(12-6-16-7-17-12)5-13(22-14)15(20)21/h6-8,10-11,13-14H,4-5H2,1-3H3,(H,16,17)(H,18,19)(H,20,21). The maximum absolute atomic E-state index is 11.5. The minimum Gasteiger partial charge on any atom is -0.479 e. The number of aromatic nitrogens is 2. The van der Waals surface area contributed by atoms with Gasteiger partial charge in [-0.05, 0) is 18.8 Å². The second-order valence-corrected chi connectivity index (χ2v) is 6.21. The number of H-pyrrole nitrogens is 1. The van der Waals surface area contributed by atoms with Crippen molar-refractivity contribution in [3.05, 3.63) is 18.2 Å². The summed E-state index contributed by atoms with van der Waals surface area (Å²) in [4.78, 5) is 29.8. The molecule has 0 aliphatic carbocycles. The number of carboxylic acids is 1. The van der Waals surface area contributed by atoms with Gasteiger partial charge in [0.05, 0.1) is 18.5 Å². The van der Waals surface area contributed by atoms with Gasteiger partial charge >= 0.3 is 5.97 Å². The molecule has 7 nitrogen and oxygen atoms in total. The molecule has 0 saturated carbocycles. The molecule has 2 rings (SSSR count). The summed E-state index contributed by atoms with van der Waals surface area (Å²) >= 11 is 0. The fourth-order valence-corrected chi connectivity index (χ4v) is 3.06. The van der Waals surface area contributed by atoms with E-state index in [-0.39, 0.29) is 24.0 Å². The van der Waals surface area contributed by atoms with Crippen LogP contribution in [0.1, 0.15) is 45.2 Å². The number of imidazole rings is 1. The van der Waals surface area contributed by atoms with E-state index in [9.17, 15) is 14.7 Å². The lowest BCUT2D eigenvalue weighted by molar-refractivity contribution is -0.150. The number of amides is 1. The SMILES string of the molecule is CC(=O)NC(CC(C)C)C1OC(C(=O)O)CC1c1cnc[nH]1. The van der Waals surface area contributed by atoms with E-state index in [1.54, 1.807) is 12.5 Å². The highest BCUT2D eigenvalue weighted by atomic mass is 16.5. The van der Waals surface area contributed by atoms with Crippen LogP contribution in [0.25, 0.3) is 0 Å². The van der Waals surface area contributed by atoms with E-state index in [0.717, 1.165) is 12.1 Å². The summed E-state index contributed by atoms with van der Waals surface area (Å²) in [5, 5.41) is 12.2. The molecule has 0 radical (unpaired) electrons. The first-order chi connectivity index (χ1) is 10.4. The van der Waals surface area contributed by atoms with Crippen molar-refractivity contribution in [2.24, 2.45) is 5.92 Å². The van der Waals surface area contributed by atoms with Crippen molar-refractivity contribution in [3.8, 4) is 0 Å². The Bertz CT molecular complexity index is 515. The molecular formula is C15H23N3O4. The van der Waals surface area contributed by atoms with Crippen LogP contribution in [-0.4, -0.2) is 45.2 Å².